The molecule has 0 radical (unpaired) electrons. The molecule has 0 aliphatic heterocycles. The summed E-state index contributed by atoms with van der Waals surface area (Å²) in [7, 11) is 0. The van der Waals surface area contributed by atoms with E-state index in [-0.39, 0.29) is 16.5 Å². The molecule has 0 aromatic carbocycles. The first-order chi connectivity index (χ1) is 11.0. The van der Waals surface area contributed by atoms with E-state index in [4.69, 9.17) is 11.6 Å². The highest BCUT2D eigenvalue weighted by Crippen LogP contribution is 2.19. The number of allylic oxidation sites excluding steroid dienone is 1. The highest BCUT2D eigenvalue weighted by atomic mass is 35.5. The quantitative estimate of drug-likeness (QED) is 0.865. The highest BCUT2D eigenvalue weighted by molar-refractivity contribution is 7.14. The fraction of sp³-hybridized carbons (Fsp3) is 0.200. The van der Waals surface area contributed by atoms with E-state index < -0.39 is 5.91 Å². The van der Waals surface area contributed by atoms with Gasteiger partial charge >= 0.3 is 0 Å². The van der Waals surface area contributed by atoms with Gasteiger partial charge in [0.1, 0.15) is 10.7 Å². The third-order valence-electron chi connectivity index (χ3n) is 2.69. The fourth-order valence-electron chi connectivity index (χ4n) is 1.68. The summed E-state index contributed by atoms with van der Waals surface area (Å²) in [4.78, 5) is 32.9. The number of hydrogen-bond donors (Lipinski definition) is 2. The molecule has 2 heterocycles. The molecule has 2 aromatic rings. The van der Waals surface area contributed by atoms with Crippen molar-refractivity contribution < 1.29 is 9.59 Å². The number of pyridine rings is 1. The van der Waals surface area contributed by atoms with E-state index in [0.29, 0.717) is 15.8 Å². The number of carbonyl (C=O) groups is 2. The van der Waals surface area contributed by atoms with E-state index in [1.165, 1.54) is 6.20 Å². The fourth-order valence-corrected chi connectivity index (χ4v) is 2.61. The summed E-state index contributed by atoms with van der Waals surface area (Å²) in [6.07, 6.45) is 5.59. The van der Waals surface area contributed by atoms with E-state index >= 15 is 0 Å². The van der Waals surface area contributed by atoms with Crippen molar-refractivity contribution in [2.45, 2.75) is 20.3 Å². The lowest BCUT2D eigenvalue weighted by molar-refractivity contribution is 0.0956. The Balaban J connectivity index is 2.18. The number of thiazole rings is 1. The Morgan fingerprint density at radius 3 is 2.78 bits per heavy atom. The molecular weight excluding hydrogens is 336 g/mol. The molecular formula is C15H15ClN4O2S. The molecule has 6 nitrogen and oxygen atoms in total. The highest BCUT2D eigenvalue weighted by Gasteiger charge is 2.22. The largest absolute Gasteiger partial charge is 0.328 e. The van der Waals surface area contributed by atoms with Crippen molar-refractivity contribution in [3.05, 3.63) is 51.2 Å². The Kier molecular flexibility index (Phi) is 5.84. The second kappa shape index (κ2) is 7.85. The lowest BCUT2D eigenvalue weighted by Crippen LogP contribution is -2.22. The molecule has 2 N–H and O–H groups in total. The number of rotatable bonds is 5. The van der Waals surface area contributed by atoms with E-state index in [9.17, 15) is 9.59 Å². The van der Waals surface area contributed by atoms with Crippen LogP contribution in [0, 0.1) is 6.92 Å². The number of halogens is 1. The van der Waals surface area contributed by atoms with Crippen molar-refractivity contribution >= 4 is 40.6 Å². The van der Waals surface area contributed by atoms with Crippen molar-refractivity contribution in [1.82, 2.24) is 15.3 Å². The zero-order valence-electron chi connectivity index (χ0n) is 12.6. The molecule has 0 saturated carbocycles. The van der Waals surface area contributed by atoms with Gasteiger partial charge in [0.2, 0.25) is 0 Å². The zero-order valence-corrected chi connectivity index (χ0v) is 14.2. The monoisotopic (exact) mass is 350 g/mol. The van der Waals surface area contributed by atoms with Crippen LogP contribution >= 0.6 is 22.9 Å². The van der Waals surface area contributed by atoms with E-state index in [1.54, 1.807) is 25.3 Å². The molecule has 0 spiro atoms. The summed E-state index contributed by atoms with van der Waals surface area (Å²) in [6.45, 7) is 3.69. The third-order valence-corrected chi connectivity index (χ3v) is 3.89. The van der Waals surface area contributed by atoms with Crippen molar-refractivity contribution in [1.29, 1.82) is 0 Å². The number of aryl methyl sites for hydroxylation is 1. The Morgan fingerprint density at radius 1 is 1.35 bits per heavy atom. The van der Waals surface area contributed by atoms with Gasteiger partial charge in [0.15, 0.2) is 5.69 Å². The average Bonchev–Trinajstić information content (AvgIpc) is 2.92. The lowest BCUT2D eigenvalue weighted by Gasteiger charge is -2.04. The van der Waals surface area contributed by atoms with Crippen LogP contribution in [0.3, 0.4) is 0 Å². The summed E-state index contributed by atoms with van der Waals surface area (Å²) < 4.78 is 0. The van der Waals surface area contributed by atoms with Crippen molar-refractivity contribution in [2.24, 2.45) is 0 Å². The standard InChI is InChI=1S/C15H15ClN4O2S/c1-3-4-7-17-15(22)13-12(19-9(2)23-13)14(21)20-11-6-5-10(16)8-18-11/h4-8H,3H2,1-2H3,(H,17,22)(H,18,20,21)/b7-4+. The van der Waals surface area contributed by atoms with Gasteiger partial charge in [-0.15, -0.1) is 11.3 Å². The molecule has 120 valence electrons. The zero-order chi connectivity index (χ0) is 16.8. The Hall–Kier alpha value is -2.25. The van der Waals surface area contributed by atoms with Crippen LogP contribution < -0.4 is 10.6 Å². The SMILES string of the molecule is CC/C=C/NC(=O)c1sc(C)nc1C(=O)Nc1ccc(Cl)cn1. The van der Waals surface area contributed by atoms with Crippen LogP contribution in [-0.2, 0) is 0 Å². The van der Waals surface area contributed by atoms with Crippen LogP contribution in [0.25, 0.3) is 0 Å². The van der Waals surface area contributed by atoms with Gasteiger partial charge in [-0.3, -0.25) is 9.59 Å². The minimum Gasteiger partial charge on any atom is -0.328 e. The second-order valence-electron chi connectivity index (χ2n) is 4.51. The van der Waals surface area contributed by atoms with E-state index in [1.807, 2.05) is 13.0 Å². The number of aromatic nitrogens is 2. The number of carbonyl (C=O) groups excluding carboxylic acids is 2. The van der Waals surface area contributed by atoms with Crippen LogP contribution in [-0.4, -0.2) is 21.8 Å². The first kappa shape index (κ1) is 17.1. The average molecular weight is 351 g/mol. The first-order valence-electron chi connectivity index (χ1n) is 6.87. The number of amides is 2. The lowest BCUT2D eigenvalue weighted by atomic mass is 10.3. The maximum Gasteiger partial charge on any atom is 0.277 e. The summed E-state index contributed by atoms with van der Waals surface area (Å²) in [5.41, 5.74) is 0.0756. The Bertz CT molecular complexity index is 740. The van der Waals surface area contributed by atoms with Gasteiger partial charge in [-0.1, -0.05) is 24.6 Å². The molecule has 0 fully saturated rings. The van der Waals surface area contributed by atoms with Gasteiger partial charge in [0.05, 0.1) is 10.0 Å². The Labute approximate surface area is 142 Å². The molecule has 2 rings (SSSR count). The van der Waals surface area contributed by atoms with Crippen LogP contribution in [0.15, 0.2) is 30.6 Å². The molecule has 0 bridgehead atoms. The summed E-state index contributed by atoms with van der Waals surface area (Å²) in [6, 6.07) is 3.18. The van der Waals surface area contributed by atoms with Crippen molar-refractivity contribution in [3.8, 4) is 0 Å². The summed E-state index contributed by atoms with van der Waals surface area (Å²) in [5, 5.41) is 6.31. The predicted octanol–water partition coefficient (Wildman–Crippen LogP) is 3.41. The molecule has 2 amide bonds. The van der Waals surface area contributed by atoms with Gasteiger partial charge in [0, 0.05) is 12.4 Å². The molecule has 0 aliphatic carbocycles. The van der Waals surface area contributed by atoms with Gasteiger partial charge < -0.3 is 10.6 Å². The third kappa shape index (κ3) is 4.61. The van der Waals surface area contributed by atoms with Crippen LogP contribution in [0.1, 0.15) is 38.5 Å². The van der Waals surface area contributed by atoms with Gasteiger partial charge in [-0.2, -0.15) is 0 Å². The van der Waals surface area contributed by atoms with Gasteiger partial charge in [-0.05, 0) is 25.5 Å². The number of hydrogen-bond acceptors (Lipinski definition) is 5. The topological polar surface area (TPSA) is 84.0 Å². The van der Waals surface area contributed by atoms with E-state index in [0.717, 1.165) is 17.8 Å². The van der Waals surface area contributed by atoms with Crippen LogP contribution in [0.4, 0.5) is 5.82 Å². The maximum absolute atomic E-state index is 12.3. The van der Waals surface area contributed by atoms with Crippen molar-refractivity contribution in [2.75, 3.05) is 5.32 Å². The van der Waals surface area contributed by atoms with Crippen LogP contribution in [0.5, 0.6) is 0 Å². The maximum atomic E-state index is 12.3. The minimum atomic E-state index is -0.492. The van der Waals surface area contributed by atoms with Crippen LogP contribution in [0.2, 0.25) is 5.02 Å². The second-order valence-corrected chi connectivity index (χ2v) is 6.15. The summed E-state index contributed by atoms with van der Waals surface area (Å²) in [5.74, 6) is -0.523. The number of nitrogens with one attached hydrogen (secondary N) is 2. The molecule has 0 aliphatic rings. The normalized spacial score (nSPS) is 10.7. The Morgan fingerprint density at radius 2 is 2.13 bits per heavy atom. The van der Waals surface area contributed by atoms with E-state index in [2.05, 4.69) is 20.6 Å². The first-order valence-corrected chi connectivity index (χ1v) is 8.07. The molecule has 0 saturated heterocycles. The number of anilines is 1. The van der Waals surface area contributed by atoms with Gasteiger partial charge in [-0.25, -0.2) is 9.97 Å². The smallest absolute Gasteiger partial charge is 0.277 e. The predicted molar refractivity (Wildman–Crippen MR) is 90.9 cm³/mol. The molecule has 0 atom stereocenters. The molecule has 2 aromatic heterocycles. The molecule has 8 heteroatoms. The number of nitrogens with zero attached hydrogens (tertiary/aromatic N) is 2. The molecule has 0 unspecified atom stereocenters. The van der Waals surface area contributed by atoms with Gasteiger partial charge in [0.25, 0.3) is 11.8 Å². The minimum absolute atomic E-state index is 0.0756. The molecule has 23 heavy (non-hydrogen) atoms. The van der Waals surface area contributed by atoms with Crippen molar-refractivity contribution in [3.63, 3.8) is 0 Å². The summed E-state index contributed by atoms with van der Waals surface area (Å²) >= 11 is 6.91.